The van der Waals surface area contributed by atoms with Gasteiger partial charge in [0, 0.05) is 23.8 Å². The number of carbonyl (C=O) groups is 3. The zero-order chi connectivity index (χ0) is 17.4. The smallest absolute Gasteiger partial charge is 0.323 e. The van der Waals surface area contributed by atoms with Crippen LogP contribution < -0.4 is 10.6 Å². The highest BCUT2D eigenvalue weighted by atomic mass is 16.4. The van der Waals surface area contributed by atoms with E-state index >= 15 is 0 Å². The van der Waals surface area contributed by atoms with Crippen molar-refractivity contribution >= 4 is 23.6 Å². The van der Waals surface area contributed by atoms with E-state index in [-0.39, 0.29) is 24.5 Å². The topological polar surface area (TPSA) is 98.7 Å². The number of hydrogen-bond donors (Lipinski definition) is 3. The Morgan fingerprint density at radius 2 is 1.96 bits per heavy atom. The van der Waals surface area contributed by atoms with Gasteiger partial charge in [-0.1, -0.05) is 13.0 Å². The number of amides is 3. The van der Waals surface area contributed by atoms with Crippen LogP contribution in [0.15, 0.2) is 24.3 Å². The van der Waals surface area contributed by atoms with Crippen LogP contribution in [0.2, 0.25) is 0 Å². The minimum Gasteiger partial charge on any atom is -0.480 e. The number of rotatable bonds is 7. The third-order valence-electron chi connectivity index (χ3n) is 2.89. The molecule has 126 valence electrons. The van der Waals surface area contributed by atoms with E-state index in [1.54, 1.807) is 18.2 Å². The Labute approximate surface area is 135 Å². The van der Waals surface area contributed by atoms with Gasteiger partial charge in [-0.25, -0.2) is 4.79 Å². The van der Waals surface area contributed by atoms with Crippen LogP contribution in [0.3, 0.4) is 0 Å². The molecule has 0 fully saturated rings. The molecule has 0 aliphatic rings. The molecule has 0 atom stereocenters. The molecular weight excluding hydrogens is 298 g/mol. The molecule has 1 rings (SSSR count). The molecule has 0 aliphatic heterocycles. The van der Waals surface area contributed by atoms with E-state index in [2.05, 4.69) is 10.6 Å². The van der Waals surface area contributed by atoms with Crippen LogP contribution in [0.1, 0.15) is 37.6 Å². The Morgan fingerprint density at radius 1 is 1.26 bits per heavy atom. The molecule has 23 heavy (non-hydrogen) atoms. The molecule has 7 nitrogen and oxygen atoms in total. The monoisotopic (exact) mass is 321 g/mol. The summed E-state index contributed by atoms with van der Waals surface area (Å²) in [4.78, 5) is 36.3. The van der Waals surface area contributed by atoms with Gasteiger partial charge in [0.2, 0.25) is 0 Å². The van der Waals surface area contributed by atoms with Gasteiger partial charge >= 0.3 is 12.0 Å². The number of hydrogen-bond acceptors (Lipinski definition) is 3. The number of nitrogens with zero attached hydrogens (tertiary/aromatic N) is 1. The van der Waals surface area contributed by atoms with Gasteiger partial charge in [-0.15, -0.1) is 0 Å². The zero-order valence-electron chi connectivity index (χ0n) is 13.6. The Balaban J connectivity index is 2.86. The minimum atomic E-state index is -1.06. The molecule has 0 spiro atoms. The number of carboxylic acid groups (broad SMARTS) is 1. The maximum absolute atomic E-state index is 12.4. The Kier molecular flexibility index (Phi) is 7.05. The van der Waals surface area contributed by atoms with Gasteiger partial charge in [-0.3, -0.25) is 9.59 Å². The third kappa shape index (κ3) is 6.37. The van der Waals surface area contributed by atoms with Gasteiger partial charge in [0.15, 0.2) is 0 Å². The van der Waals surface area contributed by atoms with E-state index < -0.39 is 5.97 Å². The van der Waals surface area contributed by atoms with Crippen molar-refractivity contribution in [2.75, 3.05) is 18.4 Å². The molecule has 0 saturated carbocycles. The number of carboxylic acids is 1. The molecule has 7 heteroatoms. The third-order valence-corrected chi connectivity index (χ3v) is 2.89. The molecule has 3 amide bonds. The van der Waals surface area contributed by atoms with Gasteiger partial charge < -0.3 is 20.6 Å². The summed E-state index contributed by atoms with van der Waals surface area (Å²) < 4.78 is 0. The van der Waals surface area contributed by atoms with Gasteiger partial charge in [0.1, 0.15) is 6.54 Å². The molecular formula is C16H23N3O4. The maximum atomic E-state index is 12.4. The first-order valence-electron chi connectivity index (χ1n) is 7.52. The predicted octanol–water partition coefficient (Wildman–Crippen LogP) is 2.15. The lowest BCUT2D eigenvalue weighted by atomic mass is 10.1. The molecule has 1 aromatic rings. The highest BCUT2D eigenvalue weighted by Crippen LogP contribution is 2.13. The van der Waals surface area contributed by atoms with Gasteiger partial charge in [-0.05, 0) is 38.5 Å². The molecule has 0 heterocycles. The van der Waals surface area contributed by atoms with Crippen molar-refractivity contribution in [3.8, 4) is 0 Å². The summed E-state index contributed by atoms with van der Waals surface area (Å²) >= 11 is 0. The molecule has 0 saturated heterocycles. The van der Waals surface area contributed by atoms with Crippen molar-refractivity contribution in [3.63, 3.8) is 0 Å². The van der Waals surface area contributed by atoms with Crippen molar-refractivity contribution in [3.05, 3.63) is 29.8 Å². The second-order valence-corrected chi connectivity index (χ2v) is 5.45. The summed E-state index contributed by atoms with van der Waals surface area (Å²) in [5.74, 6) is -1.43. The number of aliphatic carboxylic acids is 1. The van der Waals surface area contributed by atoms with E-state index in [4.69, 9.17) is 5.11 Å². The Morgan fingerprint density at radius 3 is 2.52 bits per heavy atom. The van der Waals surface area contributed by atoms with Crippen LogP contribution in [0.5, 0.6) is 0 Å². The average molecular weight is 321 g/mol. The van der Waals surface area contributed by atoms with Crippen LogP contribution in [-0.4, -0.2) is 47.0 Å². The highest BCUT2D eigenvalue weighted by Gasteiger charge is 2.18. The molecule has 0 aromatic heterocycles. The second kappa shape index (κ2) is 8.77. The first-order chi connectivity index (χ1) is 10.8. The first-order valence-corrected chi connectivity index (χ1v) is 7.52. The second-order valence-electron chi connectivity index (χ2n) is 5.45. The van der Waals surface area contributed by atoms with Gasteiger partial charge in [0.25, 0.3) is 5.91 Å². The van der Waals surface area contributed by atoms with E-state index in [1.165, 1.54) is 11.0 Å². The van der Waals surface area contributed by atoms with E-state index in [1.807, 2.05) is 20.8 Å². The summed E-state index contributed by atoms with van der Waals surface area (Å²) in [6, 6.07) is 6.07. The maximum Gasteiger partial charge on any atom is 0.323 e. The molecule has 1 aromatic carbocycles. The molecule has 0 bridgehead atoms. The standard InChI is InChI=1S/C16H23N3O4/c1-4-8-19(10-14(20)21)15(22)12-6-5-7-13(9-12)18-16(23)17-11(2)3/h5-7,9,11H,4,8,10H2,1-3H3,(H,20,21)(H2,17,18,23). The van der Waals surface area contributed by atoms with Crippen molar-refractivity contribution in [1.82, 2.24) is 10.2 Å². The fourth-order valence-electron chi connectivity index (χ4n) is 2.03. The highest BCUT2D eigenvalue weighted by molar-refractivity contribution is 5.98. The summed E-state index contributed by atoms with van der Waals surface area (Å²) in [5.41, 5.74) is 0.808. The lowest BCUT2D eigenvalue weighted by Crippen LogP contribution is -2.36. The van der Waals surface area contributed by atoms with Crippen LogP contribution in [0, 0.1) is 0 Å². The SMILES string of the molecule is CCCN(CC(=O)O)C(=O)c1cccc(NC(=O)NC(C)C)c1. The Hall–Kier alpha value is -2.57. The average Bonchev–Trinajstić information content (AvgIpc) is 2.45. The number of benzene rings is 1. The van der Waals surface area contributed by atoms with Crippen LogP contribution >= 0.6 is 0 Å². The minimum absolute atomic E-state index is 0.00423. The number of anilines is 1. The number of urea groups is 1. The molecule has 0 unspecified atom stereocenters. The summed E-state index contributed by atoms with van der Waals surface area (Å²) in [7, 11) is 0. The summed E-state index contributed by atoms with van der Waals surface area (Å²) in [6.45, 7) is 5.56. The van der Waals surface area contributed by atoms with Crippen LogP contribution in [-0.2, 0) is 4.79 Å². The Bertz CT molecular complexity index is 572. The van der Waals surface area contributed by atoms with Crippen LogP contribution in [0.25, 0.3) is 0 Å². The van der Waals surface area contributed by atoms with Crippen LogP contribution in [0.4, 0.5) is 10.5 Å². The summed E-state index contributed by atoms with van der Waals surface area (Å²) in [6.07, 6.45) is 0.660. The molecule has 0 radical (unpaired) electrons. The number of carbonyl (C=O) groups excluding carboxylic acids is 2. The normalized spacial score (nSPS) is 10.3. The molecule has 0 aliphatic carbocycles. The number of nitrogens with one attached hydrogen (secondary N) is 2. The summed E-state index contributed by atoms with van der Waals surface area (Å²) in [5, 5.41) is 14.2. The largest absolute Gasteiger partial charge is 0.480 e. The van der Waals surface area contributed by atoms with E-state index in [0.29, 0.717) is 24.2 Å². The van der Waals surface area contributed by atoms with E-state index in [0.717, 1.165) is 0 Å². The fraction of sp³-hybridized carbons (Fsp3) is 0.438. The molecule has 3 N–H and O–H groups in total. The fourth-order valence-corrected chi connectivity index (χ4v) is 2.03. The van der Waals surface area contributed by atoms with Crippen molar-refractivity contribution in [2.45, 2.75) is 33.2 Å². The quantitative estimate of drug-likeness (QED) is 0.716. The van der Waals surface area contributed by atoms with E-state index in [9.17, 15) is 14.4 Å². The van der Waals surface area contributed by atoms with Gasteiger partial charge in [0.05, 0.1) is 0 Å². The lowest BCUT2D eigenvalue weighted by Gasteiger charge is -2.20. The van der Waals surface area contributed by atoms with Crippen molar-refractivity contribution < 1.29 is 19.5 Å². The predicted molar refractivity (Wildman–Crippen MR) is 87.6 cm³/mol. The van der Waals surface area contributed by atoms with Crippen molar-refractivity contribution in [2.24, 2.45) is 0 Å². The van der Waals surface area contributed by atoms with Crippen molar-refractivity contribution in [1.29, 1.82) is 0 Å². The lowest BCUT2D eigenvalue weighted by molar-refractivity contribution is -0.137. The zero-order valence-corrected chi connectivity index (χ0v) is 13.6. The van der Waals surface area contributed by atoms with Gasteiger partial charge in [-0.2, -0.15) is 0 Å². The first kappa shape index (κ1) is 18.5.